The maximum absolute atomic E-state index is 12.1. The summed E-state index contributed by atoms with van der Waals surface area (Å²) in [7, 11) is 0. The lowest BCUT2D eigenvalue weighted by Gasteiger charge is -2.34. The summed E-state index contributed by atoms with van der Waals surface area (Å²) >= 11 is 0. The van der Waals surface area contributed by atoms with Crippen LogP contribution in [0.4, 0.5) is 4.79 Å². The topological polar surface area (TPSA) is 72.9 Å². The van der Waals surface area contributed by atoms with Gasteiger partial charge in [0, 0.05) is 19.6 Å². The highest BCUT2D eigenvalue weighted by atomic mass is 16.4. The number of piperidine rings is 1. The van der Waals surface area contributed by atoms with E-state index in [9.17, 15) is 9.59 Å². The van der Waals surface area contributed by atoms with Crippen molar-refractivity contribution >= 4 is 12.0 Å². The monoisotopic (exact) mass is 297 g/mol. The molecule has 2 saturated heterocycles. The van der Waals surface area contributed by atoms with Crippen LogP contribution < -0.4 is 5.32 Å². The SMILES string of the molecule is CC[C@@H](NC(=O)N1CCC(CN2CCCC2)CC1)C(=O)O. The first-order valence-electron chi connectivity index (χ1n) is 8.10. The summed E-state index contributed by atoms with van der Waals surface area (Å²) in [6, 6.07) is -1.01. The van der Waals surface area contributed by atoms with Crippen LogP contribution in [0.1, 0.15) is 39.0 Å². The van der Waals surface area contributed by atoms with Gasteiger partial charge in [0.25, 0.3) is 0 Å². The number of nitrogens with zero attached hydrogens (tertiary/aromatic N) is 2. The Bertz CT molecular complexity index is 361. The zero-order valence-electron chi connectivity index (χ0n) is 12.9. The lowest BCUT2D eigenvalue weighted by atomic mass is 9.96. The van der Waals surface area contributed by atoms with E-state index in [4.69, 9.17) is 5.11 Å². The fourth-order valence-electron chi connectivity index (χ4n) is 3.23. The van der Waals surface area contributed by atoms with E-state index in [2.05, 4.69) is 10.2 Å². The summed E-state index contributed by atoms with van der Waals surface area (Å²) in [4.78, 5) is 27.3. The third-order valence-corrected chi connectivity index (χ3v) is 4.62. The molecule has 2 N–H and O–H groups in total. The van der Waals surface area contributed by atoms with Crippen molar-refractivity contribution in [3.63, 3.8) is 0 Å². The molecule has 0 aromatic heterocycles. The second-order valence-electron chi connectivity index (χ2n) is 6.19. The number of urea groups is 1. The molecular weight excluding hydrogens is 270 g/mol. The van der Waals surface area contributed by atoms with E-state index in [0.29, 0.717) is 12.3 Å². The predicted octanol–water partition coefficient (Wildman–Crippen LogP) is 1.37. The van der Waals surface area contributed by atoms with Crippen molar-refractivity contribution in [1.29, 1.82) is 0 Å². The molecule has 1 atom stereocenters. The summed E-state index contributed by atoms with van der Waals surface area (Å²) in [6.45, 7) is 6.83. The number of carbonyl (C=O) groups is 2. The van der Waals surface area contributed by atoms with E-state index < -0.39 is 12.0 Å². The van der Waals surface area contributed by atoms with Gasteiger partial charge in [-0.05, 0) is 51.1 Å². The number of amides is 2. The molecule has 0 aromatic rings. The lowest BCUT2D eigenvalue weighted by molar-refractivity contribution is -0.139. The van der Waals surface area contributed by atoms with Gasteiger partial charge < -0.3 is 20.2 Å². The predicted molar refractivity (Wildman–Crippen MR) is 80.2 cm³/mol. The van der Waals surface area contributed by atoms with Crippen molar-refractivity contribution in [2.45, 2.75) is 45.1 Å². The van der Waals surface area contributed by atoms with Crippen LogP contribution in [0.3, 0.4) is 0 Å². The minimum absolute atomic E-state index is 0.233. The Morgan fingerprint density at radius 1 is 1.19 bits per heavy atom. The standard InChI is InChI=1S/C15H27N3O3/c1-2-13(14(19)20)16-15(21)18-9-5-12(6-10-18)11-17-7-3-4-8-17/h12-13H,2-11H2,1H3,(H,16,21)(H,19,20)/t13-/m1/s1. The van der Waals surface area contributed by atoms with E-state index in [1.54, 1.807) is 11.8 Å². The number of carbonyl (C=O) groups excluding carboxylic acids is 1. The molecule has 6 nitrogen and oxygen atoms in total. The van der Waals surface area contributed by atoms with E-state index in [0.717, 1.165) is 32.5 Å². The van der Waals surface area contributed by atoms with Gasteiger partial charge in [0.1, 0.15) is 6.04 Å². The molecule has 120 valence electrons. The zero-order valence-corrected chi connectivity index (χ0v) is 12.9. The molecule has 0 unspecified atom stereocenters. The maximum Gasteiger partial charge on any atom is 0.326 e. The molecule has 2 heterocycles. The van der Waals surface area contributed by atoms with Gasteiger partial charge in [0.15, 0.2) is 0 Å². The van der Waals surface area contributed by atoms with Crippen LogP contribution in [0.5, 0.6) is 0 Å². The van der Waals surface area contributed by atoms with E-state index in [-0.39, 0.29) is 6.03 Å². The average molecular weight is 297 g/mol. The highest BCUT2D eigenvalue weighted by molar-refractivity contribution is 5.82. The first kappa shape index (κ1) is 16.1. The quantitative estimate of drug-likeness (QED) is 0.804. The molecule has 0 bridgehead atoms. The van der Waals surface area contributed by atoms with Gasteiger partial charge in [-0.15, -0.1) is 0 Å². The fraction of sp³-hybridized carbons (Fsp3) is 0.867. The molecule has 0 aliphatic carbocycles. The van der Waals surface area contributed by atoms with Gasteiger partial charge in [0.2, 0.25) is 0 Å². The molecule has 0 spiro atoms. The minimum Gasteiger partial charge on any atom is -0.480 e. The molecule has 0 radical (unpaired) electrons. The number of rotatable bonds is 5. The summed E-state index contributed by atoms with van der Waals surface area (Å²) in [5.74, 6) is -0.289. The van der Waals surface area contributed by atoms with Crippen LogP contribution in [-0.2, 0) is 4.79 Å². The molecule has 2 fully saturated rings. The first-order chi connectivity index (χ1) is 10.1. The van der Waals surface area contributed by atoms with E-state index in [1.165, 1.54) is 25.9 Å². The molecule has 2 rings (SSSR count). The van der Waals surface area contributed by atoms with Crippen molar-refractivity contribution in [3.05, 3.63) is 0 Å². The maximum atomic E-state index is 12.1. The van der Waals surface area contributed by atoms with Crippen LogP contribution in [0.2, 0.25) is 0 Å². The Balaban J connectivity index is 1.72. The summed E-state index contributed by atoms with van der Waals surface area (Å²) in [5.41, 5.74) is 0. The molecule has 2 aliphatic rings. The number of nitrogens with one attached hydrogen (secondary N) is 1. The first-order valence-corrected chi connectivity index (χ1v) is 8.10. The highest BCUT2D eigenvalue weighted by Gasteiger charge is 2.27. The van der Waals surface area contributed by atoms with Gasteiger partial charge in [0.05, 0.1) is 0 Å². The van der Waals surface area contributed by atoms with Gasteiger partial charge >= 0.3 is 12.0 Å². The van der Waals surface area contributed by atoms with Gasteiger partial charge in [-0.3, -0.25) is 0 Å². The number of hydrogen-bond acceptors (Lipinski definition) is 3. The van der Waals surface area contributed by atoms with Crippen molar-refractivity contribution in [2.75, 3.05) is 32.7 Å². The summed E-state index contributed by atoms with van der Waals surface area (Å²) in [6.07, 6.45) is 5.08. The molecule has 6 heteroatoms. The van der Waals surface area contributed by atoms with E-state index >= 15 is 0 Å². The third-order valence-electron chi connectivity index (χ3n) is 4.62. The summed E-state index contributed by atoms with van der Waals surface area (Å²) in [5, 5.41) is 11.6. The average Bonchev–Trinajstić information content (AvgIpc) is 2.98. The Labute approximate surface area is 126 Å². The van der Waals surface area contributed by atoms with Gasteiger partial charge in [-0.1, -0.05) is 6.92 Å². The van der Waals surface area contributed by atoms with Gasteiger partial charge in [-0.25, -0.2) is 9.59 Å². The van der Waals surface area contributed by atoms with E-state index in [1.807, 2.05) is 0 Å². The molecule has 2 amide bonds. The zero-order chi connectivity index (χ0) is 15.2. The van der Waals surface area contributed by atoms with Crippen LogP contribution in [0.15, 0.2) is 0 Å². The second-order valence-corrected chi connectivity index (χ2v) is 6.19. The van der Waals surface area contributed by atoms with Crippen LogP contribution in [0, 0.1) is 5.92 Å². The van der Waals surface area contributed by atoms with Crippen molar-refractivity contribution < 1.29 is 14.7 Å². The summed E-state index contributed by atoms with van der Waals surface area (Å²) < 4.78 is 0. The van der Waals surface area contributed by atoms with Crippen molar-refractivity contribution in [1.82, 2.24) is 15.1 Å². The Morgan fingerprint density at radius 2 is 1.81 bits per heavy atom. The molecule has 21 heavy (non-hydrogen) atoms. The second kappa shape index (κ2) is 7.64. The van der Waals surface area contributed by atoms with Crippen LogP contribution >= 0.6 is 0 Å². The smallest absolute Gasteiger partial charge is 0.326 e. The molecule has 2 aliphatic heterocycles. The Hall–Kier alpha value is -1.30. The number of likely N-dealkylation sites (tertiary alicyclic amines) is 2. The largest absolute Gasteiger partial charge is 0.480 e. The van der Waals surface area contributed by atoms with Crippen molar-refractivity contribution in [3.8, 4) is 0 Å². The fourth-order valence-corrected chi connectivity index (χ4v) is 3.23. The van der Waals surface area contributed by atoms with Crippen LogP contribution in [-0.4, -0.2) is 65.7 Å². The Morgan fingerprint density at radius 3 is 2.33 bits per heavy atom. The number of carboxylic acids is 1. The molecular formula is C15H27N3O3. The van der Waals surface area contributed by atoms with Gasteiger partial charge in [-0.2, -0.15) is 0 Å². The Kier molecular flexibility index (Phi) is 5.85. The highest BCUT2D eigenvalue weighted by Crippen LogP contribution is 2.20. The number of carboxylic acid groups (broad SMARTS) is 1. The van der Waals surface area contributed by atoms with Crippen LogP contribution in [0.25, 0.3) is 0 Å². The normalized spacial score (nSPS) is 22.2. The molecule has 0 saturated carbocycles. The van der Waals surface area contributed by atoms with Crippen molar-refractivity contribution in [2.24, 2.45) is 5.92 Å². The number of hydrogen-bond donors (Lipinski definition) is 2. The molecule has 0 aromatic carbocycles. The number of aliphatic carboxylic acids is 1. The minimum atomic E-state index is -0.963. The third kappa shape index (κ3) is 4.59. The lowest BCUT2D eigenvalue weighted by Crippen LogP contribution is -2.50.